The number of hydrogen-bond donors (Lipinski definition) is 1. The molecule has 1 fully saturated rings. The van der Waals surface area contributed by atoms with Gasteiger partial charge in [0.2, 0.25) is 0 Å². The normalized spacial score (nSPS) is 18.7. The van der Waals surface area contributed by atoms with Crippen molar-refractivity contribution < 1.29 is 14.2 Å². The topological polar surface area (TPSA) is 43.0 Å². The standard InChI is InChI=1S/C18H28N2O3/c1-14(2)13-23-18-9-15(5-6-17(18)21-4)10-19-11-16-12-20(3)7-8-22-16/h5-6,9,16,19H,1,7-8,10-13H2,2-4H3. The third kappa shape index (κ3) is 5.86. The number of morpholine rings is 1. The molecular formula is C18H28N2O3. The predicted octanol–water partition coefficient (Wildman–Crippen LogP) is 2.07. The zero-order chi connectivity index (χ0) is 16.7. The number of nitrogens with zero attached hydrogens (tertiary/aromatic N) is 1. The molecule has 2 rings (SSSR count). The van der Waals surface area contributed by atoms with Gasteiger partial charge in [0.1, 0.15) is 6.61 Å². The molecule has 1 aliphatic rings. The summed E-state index contributed by atoms with van der Waals surface area (Å²) in [5.74, 6) is 1.50. The molecule has 1 aliphatic heterocycles. The molecule has 0 aliphatic carbocycles. The summed E-state index contributed by atoms with van der Waals surface area (Å²) >= 11 is 0. The Morgan fingerprint density at radius 1 is 1.43 bits per heavy atom. The first kappa shape index (κ1) is 17.8. The molecule has 1 N–H and O–H groups in total. The number of methoxy groups -OCH3 is 1. The minimum Gasteiger partial charge on any atom is -0.493 e. The first-order chi connectivity index (χ1) is 11.1. The van der Waals surface area contributed by atoms with Crippen LogP contribution in [0.2, 0.25) is 0 Å². The lowest BCUT2D eigenvalue weighted by Crippen LogP contribution is -2.44. The van der Waals surface area contributed by atoms with Crippen molar-refractivity contribution in [3.8, 4) is 11.5 Å². The van der Waals surface area contributed by atoms with E-state index in [-0.39, 0.29) is 6.10 Å². The molecule has 1 aromatic carbocycles. The molecule has 0 bridgehead atoms. The summed E-state index contributed by atoms with van der Waals surface area (Å²) < 4.78 is 16.9. The van der Waals surface area contributed by atoms with Gasteiger partial charge in [-0.3, -0.25) is 0 Å². The number of ether oxygens (including phenoxy) is 3. The second kappa shape index (κ2) is 8.91. The van der Waals surface area contributed by atoms with Crippen molar-refractivity contribution in [1.29, 1.82) is 0 Å². The molecule has 1 aromatic rings. The fourth-order valence-corrected chi connectivity index (χ4v) is 2.51. The SMILES string of the molecule is C=C(C)COc1cc(CNCC2CN(C)CCO2)ccc1OC. The molecule has 5 nitrogen and oxygen atoms in total. The minimum atomic E-state index is 0.256. The molecule has 0 radical (unpaired) electrons. The third-order valence-electron chi connectivity index (χ3n) is 3.75. The number of benzene rings is 1. The second-order valence-electron chi connectivity index (χ2n) is 6.12. The maximum atomic E-state index is 5.76. The van der Waals surface area contributed by atoms with Crippen LogP contribution in [-0.4, -0.2) is 58.0 Å². The first-order valence-corrected chi connectivity index (χ1v) is 8.03. The Morgan fingerprint density at radius 2 is 2.26 bits per heavy atom. The van der Waals surface area contributed by atoms with Gasteiger partial charge < -0.3 is 24.4 Å². The van der Waals surface area contributed by atoms with E-state index in [1.54, 1.807) is 7.11 Å². The van der Waals surface area contributed by atoms with Crippen LogP contribution in [-0.2, 0) is 11.3 Å². The number of nitrogens with one attached hydrogen (secondary N) is 1. The van der Waals surface area contributed by atoms with Gasteiger partial charge in [-0.2, -0.15) is 0 Å². The van der Waals surface area contributed by atoms with Crippen LogP contribution in [0.1, 0.15) is 12.5 Å². The van der Waals surface area contributed by atoms with Crippen molar-refractivity contribution in [2.75, 3.05) is 47.0 Å². The molecule has 1 heterocycles. The molecule has 1 unspecified atom stereocenters. The van der Waals surface area contributed by atoms with E-state index in [4.69, 9.17) is 14.2 Å². The lowest BCUT2D eigenvalue weighted by Gasteiger charge is -2.30. The van der Waals surface area contributed by atoms with Gasteiger partial charge in [0.15, 0.2) is 11.5 Å². The predicted molar refractivity (Wildman–Crippen MR) is 92.2 cm³/mol. The van der Waals surface area contributed by atoms with Crippen LogP contribution in [0.25, 0.3) is 0 Å². The fourth-order valence-electron chi connectivity index (χ4n) is 2.51. The monoisotopic (exact) mass is 320 g/mol. The van der Waals surface area contributed by atoms with Crippen LogP contribution in [0.3, 0.4) is 0 Å². The highest BCUT2D eigenvalue weighted by atomic mass is 16.5. The lowest BCUT2D eigenvalue weighted by molar-refractivity contribution is -0.0182. The Hall–Kier alpha value is -1.56. The summed E-state index contributed by atoms with van der Waals surface area (Å²) in [6, 6.07) is 6.01. The van der Waals surface area contributed by atoms with Gasteiger partial charge in [-0.05, 0) is 37.2 Å². The maximum absolute atomic E-state index is 5.76. The lowest BCUT2D eigenvalue weighted by atomic mass is 10.2. The molecule has 0 spiro atoms. The fraction of sp³-hybridized carbons (Fsp3) is 0.556. The van der Waals surface area contributed by atoms with Gasteiger partial charge in [0.05, 0.1) is 19.8 Å². The smallest absolute Gasteiger partial charge is 0.161 e. The quantitative estimate of drug-likeness (QED) is 0.743. The summed E-state index contributed by atoms with van der Waals surface area (Å²) in [7, 11) is 3.78. The Kier molecular flexibility index (Phi) is 6.89. The van der Waals surface area contributed by atoms with Crippen molar-refractivity contribution in [3.05, 3.63) is 35.9 Å². The van der Waals surface area contributed by atoms with E-state index in [2.05, 4.69) is 23.8 Å². The highest BCUT2D eigenvalue weighted by Crippen LogP contribution is 2.28. The van der Waals surface area contributed by atoms with Crippen molar-refractivity contribution in [3.63, 3.8) is 0 Å². The van der Waals surface area contributed by atoms with E-state index < -0.39 is 0 Å². The van der Waals surface area contributed by atoms with Gasteiger partial charge in [-0.15, -0.1) is 0 Å². The van der Waals surface area contributed by atoms with Gasteiger partial charge in [0, 0.05) is 26.2 Å². The van der Waals surface area contributed by atoms with Crippen LogP contribution in [0.15, 0.2) is 30.4 Å². The number of rotatable bonds is 8. The van der Waals surface area contributed by atoms with Gasteiger partial charge in [0.25, 0.3) is 0 Å². The molecule has 23 heavy (non-hydrogen) atoms. The average Bonchev–Trinajstić information content (AvgIpc) is 2.53. The summed E-state index contributed by atoms with van der Waals surface area (Å²) in [6.07, 6.45) is 0.256. The minimum absolute atomic E-state index is 0.256. The van der Waals surface area contributed by atoms with E-state index >= 15 is 0 Å². The summed E-state index contributed by atoms with van der Waals surface area (Å²) in [5.41, 5.74) is 2.14. The van der Waals surface area contributed by atoms with E-state index in [1.807, 2.05) is 25.1 Å². The van der Waals surface area contributed by atoms with Crippen LogP contribution < -0.4 is 14.8 Å². The molecule has 0 aromatic heterocycles. The number of likely N-dealkylation sites (N-methyl/N-ethyl adjacent to an activating group) is 1. The van der Waals surface area contributed by atoms with Crippen molar-refractivity contribution in [2.45, 2.75) is 19.6 Å². The molecular weight excluding hydrogens is 292 g/mol. The molecule has 1 atom stereocenters. The van der Waals surface area contributed by atoms with Crippen molar-refractivity contribution >= 4 is 0 Å². The van der Waals surface area contributed by atoms with Gasteiger partial charge in [-0.1, -0.05) is 12.6 Å². The highest BCUT2D eigenvalue weighted by molar-refractivity contribution is 5.43. The third-order valence-corrected chi connectivity index (χ3v) is 3.75. The summed E-state index contributed by atoms with van der Waals surface area (Å²) in [4.78, 5) is 2.30. The Bertz CT molecular complexity index is 519. The van der Waals surface area contributed by atoms with Gasteiger partial charge >= 0.3 is 0 Å². The summed E-state index contributed by atoms with van der Waals surface area (Å²) in [5, 5.41) is 3.46. The van der Waals surface area contributed by atoms with E-state index in [1.165, 1.54) is 0 Å². The van der Waals surface area contributed by atoms with Crippen LogP contribution in [0.4, 0.5) is 0 Å². The second-order valence-corrected chi connectivity index (χ2v) is 6.12. The van der Waals surface area contributed by atoms with Crippen LogP contribution in [0.5, 0.6) is 11.5 Å². The Morgan fingerprint density at radius 3 is 2.96 bits per heavy atom. The van der Waals surface area contributed by atoms with E-state index in [0.29, 0.717) is 6.61 Å². The zero-order valence-electron chi connectivity index (χ0n) is 14.4. The molecule has 128 valence electrons. The van der Waals surface area contributed by atoms with E-state index in [9.17, 15) is 0 Å². The molecule has 0 amide bonds. The van der Waals surface area contributed by atoms with Crippen LogP contribution >= 0.6 is 0 Å². The van der Waals surface area contributed by atoms with Crippen molar-refractivity contribution in [2.24, 2.45) is 0 Å². The highest BCUT2D eigenvalue weighted by Gasteiger charge is 2.17. The van der Waals surface area contributed by atoms with Crippen molar-refractivity contribution in [1.82, 2.24) is 10.2 Å². The Balaban J connectivity index is 1.86. The van der Waals surface area contributed by atoms with Gasteiger partial charge in [-0.25, -0.2) is 0 Å². The molecule has 5 heteroatoms. The van der Waals surface area contributed by atoms with E-state index in [0.717, 1.165) is 55.4 Å². The maximum Gasteiger partial charge on any atom is 0.161 e. The Labute approximate surface area is 139 Å². The molecule has 0 saturated carbocycles. The first-order valence-electron chi connectivity index (χ1n) is 8.03. The molecule has 1 saturated heterocycles. The van der Waals surface area contributed by atoms with Crippen LogP contribution in [0, 0.1) is 0 Å². The zero-order valence-corrected chi connectivity index (χ0v) is 14.4. The number of hydrogen-bond acceptors (Lipinski definition) is 5. The largest absolute Gasteiger partial charge is 0.493 e. The summed E-state index contributed by atoms with van der Waals surface area (Å²) in [6.45, 7) is 10.7. The average molecular weight is 320 g/mol.